The Morgan fingerprint density at radius 2 is 2.00 bits per heavy atom. The molecule has 0 aromatic carbocycles. The summed E-state index contributed by atoms with van der Waals surface area (Å²) < 4.78 is 1.72. The van der Waals surface area contributed by atoms with Crippen molar-refractivity contribution in [3.05, 3.63) is 11.6 Å². The van der Waals surface area contributed by atoms with E-state index in [1.54, 1.807) is 11.5 Å². The van der Waals surface area contributed by atoms with E-state index in [4.69, 9.17) is 5.11 Å². The minimum Gasteiger partial charge on any atom is -0.480 e. The van der Waals surface area contributed by atoms with Crippen LogP contribution in [0.3, 0.4) is 0 Å². The average Bonchev–Trinajstić information content (AvgIpc) is 2.67. The van der Waals surface area contributed by atoms with Crippen molar-refractivity contribution in [2.75, 3.05) is 6.61 Å². The van der Waals surface area contributed by atoms with Crippen molar-refractivity contribution in [1.82, 2.24) is 14.8 Å². The van der Waals surface area contributed by atoms with Crippen molar-refractivity contribution < 1.29 is 15.0 Å². The first-order valence-corrected chi connectivity index (χ1v) is 6.71. The second-order valence-electron chi connectivity index (χ2n) is 5.20. The molecule has 19 heavy (non-hydrogen) atoms. The lowest BCUT2D eigenvalue weighted by Gasteiger charge is -2.19. The highest BCUT2D eigenvalue weighted by Gasteiger charge is 2.25. The molecule has 2 N–H and O–H groups in total. The Kier molecular flexibility index (Phi) is 5.95. The summed E-state index contributed by atoms with van der Waals surface area (Å²) in [6.45, 7) is 5.92. The fourth-order valence-corrected chi connectivity index (χ4v) is 2.15. The maximum atomic E-state index is 11.5. The normalized spacial score (nSPS) is 12.9. The Balaban J connectivity index is 2.94. The maximum absolute atomic E-state index is 11.5. The Morgan fingerprint density at radius 1 is 1.32 bits per heavy atom. The quantitative estimate of drug-likeness (QED) is 0.699. The molecule has 1 aromatic heterocycles. The number of hydrogen-bond donors (Lipinski definition) is 2. The zero-order chi connectivity index (χ0) is 14.4. The second-order valence-corrected chi connectivity index (χ2v) is 5.20. The summed E-state index contributed by atoms with van der Waals surface area (Å²) in [5, 5.41) is 26.3. The summed E-state index contributed by atoms with van der Waals surface area (Å²) in [7, 11) is 0. The number of carboxylic acids is 1. The number of rotatable bonds is 8. The zero-order valence-electron chi connectivity index (χ0n) is 11.8. The largest absolute Gasteiger partial charge is 0.480 e. The van der Waals surface area contributed by atoms with Gasteiger partial charge in [-0.1, -0.05) is 13.8 Å². The number of nitrogens with zero attached hydrogens (tertiary/aromatic N) is 3. The lowest BCUT2D eigenvalue weighted by Crippen LogP contribution is -2.24. The highest BCUT2D eigenvalue weighted by Crippen LogP contribution is 2.21. The van der Waals surface area contributed by atoms with E-state index < -0.39 is 12.0 Å². The van der Waals surface area contributed by atoms with E-state index in [0.29, 0.717) is 30.9 Å². The smallest absolute Gasteiger partial charge is 0.326 e. The molecule has 1 aromatic rings. The van der Waals surface area contributed by atoms with Crippen LogP contribution >= 0.6 is 0 Å². The number of carbonyl (C=O) groups is 1. The van der Waals surface area contributed by atoms with Crippen LogP contribution in [0.4, 0.5) is 0 Å². The molecule has 108 valence electrons. The molecule has 0 aliphatic heterocycles. The Morgan fingerprint density at radius 3 is 2.53 bits per heavy atom. The SMILES string of the molecule is Cc1nnc(CCCCO)n1C(CC(C)C)C(=O)O. The number of aromatic nitrogens is 3. The van der Waals surface area contributed by atoms with Gasteiger partial charge in [0.2, 0.25) is 0 Å². The third-order valence-corrected chi connectivity index (χ3v) is 3.04. The fraction of sp³-hybridized carbons (Fsp3) is 0.769. The van der Waals surface area contributed by atoms with Crippen molar-refractivity contribution in [1.29, 1.82) is 0 Å². The highest BCUT2D eigenvalue weighted by atomic mass is 16.4. The van der Waals surface area contributed by atoms with E-state index >= 15 is 0 Å². The van der Waals surface area contributed by atoms with Crippen LogP contribution < -0.4 is 0 Å². The molecule has 0 aliphatic rings. The van der Waals surface area contributed by atoms with Gasteiger partial charge in [-0.05, 0) is 32.1 Å². The summed E-state index contributed by atoms with van der Waals surface area (Å²) in [5.41, 5.74) is 0. The van der Waals surface area contributed by atoms with Crippen molar-refractivity contribution >= 4 is 5.97 Å². The summed E-state index contributed by atoms with van der Waals surface area (Å²) >= 11 is 0. The van der Waals surface area contributed by atoms with E-state index in [2.05, 4.69) is 10.2 Å². The van der Waals surface area contributed by atoms with Gasteiger partial charge in [-0.15, -0.1) is 10.2 Å². The van der Waals surface area contributed by atoms with E-state index in [0.717, 1.165) is 6.42 Å². The lowest BCUT2D eigenvalue weighted by molar-refractivity contribution is -0.141. The fourth-order valence-electron chi connectivity index (χ4n) is 2.15. The third-order valence-electron chi connectivity index (χ3n) is 3.04. The predicted molar refractivity (Wildman–Crippen MR) is 70.9 cm³/mol. The van der Waals surface area contributed by atoms with Gasteiger partial charge in [-0.2, -0.15) is 0 Å². The molecule has 0 aliphatic carbocycles. The molecule has 0 spiro atoms. The number of carboxylic acid groups (broad SMARTS) is 1. The van der Waals surface area contributed by atoms with E-state index in [1.165, 1.54) is 0 Å². The van der Waals surface area contributed by atoms with Gasteiger partial charge in [0.25, 0.3) is 0 Å². The number of unbranched alkanes of at least 4 members (excludes halogenated alkanes) is 1. The van der Waals surface area contributed by atoms with Gasteiger partial charge in [0.15, 0.2) is 0 Å². The molecule has 1 unspecified atom stereocenters. The maximum Gasteiger partial charge on any atom is 0.326 e. The Hall–Kier alpha value is -1.43. The number of aryl methyl sites for hydroxylation is 2. The molecular formula is C13H23N3O3. The van der Waals surface area contributed by atoms with Gasteiger partial charge in [-0.25, -0.2) is 4.79 Å². The summed E-state index contributed by atoms with van der Waals surface area (Å²) in [4.78, 5) is 11.5. The number of hydrogen-bond acceptors (Lipinski definition) is 4. The topological polar surface area (TPSA) is 88.2 Å². The molecule has 1 heterocycles. The summed E-state index contributed by atoms with van der Waals surface area (Å²) in [6.07, 6.45) is 2.67. The Bertz CT molecular complexity index is 415. The van der Waals surface area contributed by atoms with Gasteiger partial charge in [0.05, 0.1) is 0 Å². The highest BCUT2D eigenvalue weighted by molar-refractivity contribution is 5.72. The molecule has 6 nitrogen and oxygen atoms in total. The van der Waals surface area contributed by atoms with Crippen molar-refractivity contribution in [3.63, 3.8) is 0 Å². The standard InChI is InChI=1S/C13H23N3O3/c1-9(2)8-11(13(18)19)16-10(3)14-15-12(16)6-4-5-7-17/h9,11,17H,4-8H2,1-3H3,(H,18,19). The van der Waals surface area contributed by atoms with Gasteiger partial charge in [0.1, 0.15) is 17.7 Å². The molecule has 1 rings (SSSR count). The van der Waals surface area contributed by atoms with Gasteiger partial charge in [0, 0.05) is 13.0 Å². The van der Waals surface area contributed by atoms with Crippen molar-refractivity contribution in [2.45, 2.75) is 52.5 Å². The molecule has 0 amide bonds. The van der Waals surface area contributed by atoms with Crippen molar-refractivity contribution in [2.24, 2.45) is 5.92 Å². The minimum absolute atomic E-state index is 0.140. The van der Waals surface area contributed by atoms with Crippen LogP contribution in [0.25, 0.3) is 0 Å². The average molecular weight is 269 g/mol. The van der Waals surface area contributed by atoms with Gasteiger partial charge < -0.3 is 14.8 Å². The first-order valence-electron chi connectivity index (χ1n) is 6.71. The Labute approximate surface area is 113 Å². The first-order chi connectivity index (χ1) is 8.97. The van der Waals surface area contributed by atoms with Crippen LogP contribution in [0, 0.1) is 12.8 Å². The molecular weight excluding hydrogens is 246 g/mol. The number of aliphatic carboxylic acids is 1. The van der Waals surface area contributed by atoms with Crippen LogP contribution in [0.15, 0.2) is 0 Å². The van der Waals surface area contributed by atoms with Crippen LogP contribution in [0.2, 0.25) is 0 Å². The van der Waals surface area contributed by atoms with E-state index in [1.807, 2.05) is 13.8 Å². The molecule has 6 heteroatoms. The summed E-state index contributed by atoms with van der Waals surface area (Å²) in [6, 6.07) is -0.612. The molecule has 0 bridgehead atoms. The predicted octanol–water partition coefficient (Wildman–Crippen LogP) is 1.57. The monoisotopic (exact) mass is 269 g/mol. The van der Waals surface area contributed by atoms with Crippen LogP contribution in [0.1, 0.15) is 50.8 Å². The second kappa shape index (κ2) is 7.23. The van der Waals surface area contributed by atoms with E-state index in [9.17, 15) is 9.90 Å². The van der Waals surface area contributed by atoms with Crippen LogP contribution in [0.5, 0.6) is 0 Å². The minimum atomic E-state index is -0.847. The number of aliphatic hydroxyl groups is 1. The summed E-state index contributed by atoms with van der Waals surface area (Å²) in [5.74, 6) is 0.763. The molecule has 0 saturated heterocycles. The van der Waals surface area contributed by atoms with Crippen LogP contribution in [-0.2, 0) is 11.2 Å². The molecule has 0 saturated carbocycles. The van der Waals surface area contributed by atoms with E-state index in [-0.39, 0.29) is 12.5 Å². The van der Waals surface area contributed by atoms with Crippen LogP contribution in [-0.4, -0.2) is 37.6 Å². The van der Waals surface area contributed by atoms with Crippen molar-refractivity contribution in [3.8, 4) is 0 Å². The first kappa shape index (κ1) is 15.6. The molecule has 0 fully saturated rings. The van der Waals surface area contributed by atoms with Gasteiger partial charge in [-0.3, -0.25) is 0 Å². The lowest BCUT2D eigenvalue weighted by atomic mass is 10.0. The molecule has 0 radical (unpaired) electrons. The zero-order valence-corrected chi connectivity index (χ0v) is 11.8. The number of aliphatic hydroxyl groups excluding tert-OH is 1. The molecule has 1 atom stereocenters. The third kappa shape index (κ3) is 4.31. The van der Waals surface area contributed by atoms with Gasteiger partial charge >= 0.3 is 5.97 Å².